The minimum Gasteiger partial charge on any atom is -0.310 e. The molecule has 0 aliphatic heterocycles. The molecule has 0 unspecified atom stereocenters. The molecule has 0 amide bonds. The minimum atomic E-state index is -0.450. The molecule has 9 aromatic carbocycles. The van der Waals surface area contributed by atoms with Crippen LogP contribution in [0, 0.1) is 0 Å². The van der Waals surface area contributed by atoms with E-state index in [2.05, 4.69) is 207 Å². The fourth-order valence-corrected chi connectivity index (χ4v) is 10.6. The number of hydrogen-bond acceptors (Lipinski definition) is 1. The highest BCUT2D eigenvalue weighted by molar-refractivity contribution is 6.05. The molecule has 258 valence electrons. The van der Waals surface area contributed by atoms with Gasteiger partial charge in [-0.25, -0.2) is 0 Å². The molecule has 0 radical (unpaired) electrons. The quantitative estimate of drug-likeness (QED) is 0.177. The van der Waals surface area contributed by atoms with Crippen LogP contribution >= 0.6 is 0 Å². The predicted molar refractivity (Wildman–Crippen MR) is 230 cm³/mol. The van der Waals surface area contributed by atoms with Crippen LogP contribution in [0.2, 0.25) is 0 Å². The van der Waals surface area contributed by atoms with Gasteiger partial charge in [0.05, 0.1) is 11.1 Å². The van der Waals surface area contributed by atoms with Gasteiger partial charge in [0, 0.05) is 22.4 Å². The number of fused-ring (bicyclic) bond motifs is 15. The zero-order valence-corrected chi connectivity index (χ0v) is 30.8. The van der Waals surface area contributed by atoms with E-state index in [1.165, 1.54) is 99.7 Å². The van der Waals surface area contributed by atoms with Crippen molar-refractivity contribution in [3.05, 3.63) is 221 Å². The van der Waals surface area contributed by atoms with E-state index in [9.17, 15) is 0 Å². The molecule has 3 aliphatic carbocycles. The first-order valence-corrected chi connectivity index (χ1v) is 19.4. The molecule has 1 heteroatoms. The maximum absolute atomic E-state index is 2.54. The van der Waals surface area contributed by atoms with E-state index in [4.69, 9.17) is 0 Å². The summed E-state index contributed by atoms with van der Waals surface area (Å²) in [5.41, 5.74) is 19.0. The molecule has 3 aliphatic rings. The molecule has 0 aromatic heterocycles. The van der Waals surface area contributed by atoms with E-state index in [-0.39, 0.29) is 5.41 Å². The van der Waals surface area contributed by atoms with E-state index >= 15 is 0 Å². The fraction of sp³-hybridized carbons (Fsp3) is 0.0741. The largest absolute Gasteiger partial charge is 0.310 e. The third-order valence-electron chi connectivity index (χ3n) is 13.0. The summed E-state index contributed by atoms with van der Waals surface area (Å²) >= 11 is 0. The summed E-state index contributed by atoms with van der Waals surface area (Å²) < 4.78 is 0. The Labute approximate surface area is 321 Å². The van der Waals surface area contributed by atoms with Crippen molar-refractivity contribution in [1.29, 1.82) is 0 Å². The maximum Gasteiger partial charge on any atom is 0.0726 e. The number of nitrogens with zero attached hydrogens (tertiary/aromatic N) is 1. The summed E-state index contributed by atoms with van der Waals surface area (Å²) in [6, 6.07) is 70.9. The molecule has 9 aromatic rings. The van der Waals surface area contributed by atoms with Crippen LogP contribution in [-0.2, 0) is 10.8 Å². The van der Waals surface area contributed by atoms with E-state index in [1.54, 1.807) is 0 Å². The van der Waals surface area contributed by atoms with Gasteiger partial charge in [0.2, 0.25) is 0 Å². The van der Waals surface area contributed by atoms with Crippen molar-refractivity contribution in [3.8, 4) is 33.4 Å². The van der Waals surface area contributed by atoms with E-state index in [1.807, 2.05) is 0 Å². The average molecular weight is 700 g/mol. The molecular weight excluding hydrogens is 663 g/mol. The summed E-state index contributed by atoms with van der Waals surface area (Å²) in [7, 11) is 0. The molecule has 0 atom stereocenters. The zero-order chi connectivity index (χ0) is 36.5. The Hall–Kier alpha value is -6.70. The third-order valence-corrected chi connectivity index (χ3v) is 13.0. The summed E-state index contributed by atoms with van der Waals surface area (Å²) in [6.45, 7) is 4.75. The van der Waals surface area contributed by atoms with E-state index in [0.29, 0.717) is 0 Å². The molecule has 1 nitrogen and oxygen atoms in total. The highest BCUT2D eigenvalue weighted by Crippen LogP contribution is 2.65. The van der Waals surface area contributed by atoms with Crippen LogP contribution in [0.15, 0.2) is 188 Å². The van der Waals surface area contributed by atoms with Crippen molar-refractivity contribution in [3.63, 3.8) is 0 Å². The van der Waals surface area contributed by atoms with Crippen molar-refractivity contribution >= 4 is 38.6 Å². The van der Waals surface area contributed by atoms with Crippen molar-refractivity contribution in [1.82, 2.24) is 0 Å². The van der Waals surface area contributed by atoms with Crippen LogP contribution in [0.3, 0.4) is 0 Å². The van der Waals surface area contributed by atoms with Crippen LogP contribution in [0.4, 0.5) is 17.1 Å². The summed E-state index contributed by atoms with van der Waals surface area (Å²) in [4.78, 5) is 2.54. The number of anilines is 3. The number of benzene rings is 9. The van der Waals surface area contributed by atoms with Crippen molar-refractivity contribution in [2.45, 2.75) is 24.7 Å². The van der Waals surface area contributed by atoms with Crippen molar-refractivity contribution < 1.29 is 0 Å². The molecule has 55 heavy (non-hydrogen) atoms. The standard InChI is InChI=1S/C54H37N/c1-53(2)45-21-10-7-18-40(45)43-29-28-39(33-49(43)53)55(38-27-26-34-14-3-4-15-35(34)30-38)51-25-13-24-48-52(51)44-31-36-16-5-6-17-37(36)32-50(44)54(48)46-22-11-8-19-41(46)42-20-9-12-23-47(42)54/h3-33H,1-2H3. The average Bonchev–Trinajstić information content (AvgIpc) is 3.78. The Morgan fingerprint density at radius 3 is 1.55 bits per heavy atom. The van der Waals surface area contributed by atoms with Gasteiger partial charge in [-0.1, -0.05) is 159 Å². The fourth-order valence-electron chi connectivity index (χ4n) is 10.6. The minimum absolute atomic E-state index is 0.123. The Kier molecular flexibility index (Phi) is 6.11. The zero-order valence-electron chi connectivity index (χ0n) is 30.8. The van der Waals surface area contributed by atoms with Crippen LogP contribution in [0.25, 0.3) is 54.9 Å². The second kappa shape index (κ2) is 10.9. The van der Waals surface area contributed by atoms with Gasteiger partial charge in [-0.2, -0.15) is 0 Å². The number of hydrogen-bond donors (Lipinski definition) is 0. The Balaban J connectivity index is 1.19. The predicted octanol–water partition coefficient (Wildman–Crippen LogP) is 14.1. The molecule has 0 N–H and O–H groups in total. The SMILES string of the molecule is CC1(C)c2ccccc2-c2ccc(N(c3ccc4ccccc4c3)c3cccc4c3-c3cc5ccccc5cc3C43c4ccccc4-c4ccccc43)cc21. The van der Waals surface area contributed by atoms with Gasteiger partial charge in [-0.15, -0.1) is 0 Å². The molecule has 0 heterocycles. The van der Waals surface area contributed by atoms with Crippen LogP contribution < -0.4 is 4.90 Å². The van der Waals surface area contributed by atoms with Gasteiger partial charge >= 0.3 is 0 Å². The second-order valence-corrected chi connectivity index (χ2v) is 16.1. The highest BCUT2D eigenvalue weighted by Gasteiger charge is 2.52. The third kappa shape index (κ3) is 3.97. The Morgan fingerprint density at radius 2 is 0.836 bits per heavy atom. The van der Waals surface area contributed by atoms with E-state index < -0.39 is 5.41 Å². The van der Waals surface area contributed by atoms with Gasteiger partial charge in [0.25, 0.3) is 0 Å². The molecule has 0 fully saturated rings. The number of rotatable bonds is 3. The first-order chi connectivity index (χ1) is 27.0. The summed E-state index contributed by atoms with van der Waals surface area (Å²) in [5.74, 6) is 0. The van der Waals surface area contributed by atoms with Gasteiger partial charge in [-0.05, 0) is 125 Å². The van der Waals surface area contributed by atoms with E-state index in [0.717, 1.165) is 5.69 Å². The normalized spacial score (nSPS) is 14.7. The van der Waals surface area contributed by atoms with Gasteiger partial charge in [0.15, 0.2) is 0 Å². The molecular formula is C54H37N. The lowest BCUT2D eigenvalue weighted by Gasteiger charge is -2.32. The molecule has 0 saturated heterocycles. The lowest BCUT2D eigenvalue weighted by Crippen LogP contribution is -2.26. The van der Waals surface area contributed by atoms with Crippen LogP contribution in [-0.4, -0.2) is 0 Å². The topological polar surface area (TPSA) is 3.24 Å². The summed E-state index contributed by atoms with van der Waals surface area (Å²) in [5, 5.41) is 4.99. The molecule has 12 rings (SSSR count). The van der Waals surface area contributed by atoms with Crippen LogP contribution in [0.5, 0.6) is 0 Å². The van der Waals surface area contributed by atoms with Crippen LogP contribution in [0.1, 0.15) is 47.2 Å². The lowest BCUT2D eigenvalue weighted by atomic mass is 9.70. The highest BCUT2D eigenvalue weighted by atomic mass is 15.1. The second-order valence-electron chi connectivity index (χ2n) is 16.1. The van der Waals surface area contributed by atoms with Gasteiger partial charge in [0.1, 0.15) is 0 Å². The molecule has 0 saturated carbocycles. The maximum atomic E-state index is 2.54. The Morgan fingerprint density at radius 1 is 0.327 bits per heavy atom. The van der Waals surface area contributed by atoms with Crippen molar-refractivity contribution in [2.75, 3.05) is 4.90 Å². The van der Waals surface area contributed by atoms with Gasteiger partial charge in [-0.3, -0.25) is 0 Å². The smallest absolute Gasteiger partial charge is 0.0726 e. The first-order valence-electron chi connectivity index (χ1n) is 19.4. The lowest BCUT2D eigenvalue weighted by molar-refractivity contribution is 0.660. The summed E-state index contributed by atoms with van der Waals surface area (Å²) in [6.07, 6.45) is 0. The molecule has 0 bridgehead atoms. The monoisotopic (exact) mass is 699 g/mol. The first kappa shape index (κ1) is 30.7. The van der Waals surface area contributed by atoms with Gasteiger partial charge < -0.3 is 4.90 Å². The Bertz CT molecular complexity index is 3040. The molecule has 1 spiro atoms. The van der Waals surface area contributed by atoms with Crippen molar-refractivity contribution in [2.24, 2.45) is 0 Å².